The van der Waals surface area contributed by atoms with E-state index >= 15 is 0 Å². The van der Waals surface area contributed by atoms with E-state index in [-0.39, 0.29) is 18.0 Å². The van der Waals surface area contributed by atoms with Crippen LogP contribution in [0.3, 0.4) is 0 Å². The van der Waals surface area contributed by atoms with Crippen molar-refractivity contribution >= 4 is 28.3 Å². The molecule has 2 N–H and O–H groups in total. The quantitative estimate of drug-likeness (QED) is 0.808. The van der Waals surface area contributed by atoms with Gasteiger partial charge < -0.3 is 5.73 Å². The molecule has 0 spiro atoms. The van der Waals surface area contributed by atoms with Crippen LogP contribution in [0.2, 0.25) is 0 Å². The topological polar surface area (TPSA) is 38.9 Å². The second-order valence-electron chi connectivity index (χ2n) is 2.43. The number of halogens is 5. The van der Waals surface area contributed by atoms with Crippen molar-refractivity contribution in [3.63, 3.8) is 0 Å². The normalized spacial score (nSPS) is 13.2. The molecule has 1 rings (SSSR count). The van der Waals surface area contributed by atoms with Crippen LogP contribution in [0.25, 0.3) is 0 Å². The van der Waals surface area contributed by atoms with Crippen molar-refractivity contribution in [1.29, 1.82) is 0 Å². The molecule has 1 aromatic heterocycles. The third-order valence-electron chi connectivity index (χ3n) is 1.46. The number of nitrogens with zero attached hydrogens (tertiary/aromatic N) is 1. The summed E-state index contributed by atoms with van der Waals surface area (Å²) in [6.45, 7) is 0. The van der Waals surface area contributed by atoms with E-state index in [0.717, 1.165) is 0 Å². The van der Waals surface area contributed by atoms with Crippen LogP contribution in [0.4, 0.5) is 13.2 Å². The number of pyridine rings is 1. The zero-order chi connectivity index (χ0) is 10.1. The van der Waals surface area contributed by atoms with E-state index in [2.05, 4.69) is 20.9 Å². The number of aromatic nitrogens is 1. The summed E-state index contributed by atoms with van der Waals surface area (Å²) in [5, 5.41) is 0. The fraction of sp³-hybridized carbons (Fsp3) is 0.286. The Labute approximate surface area is 93.2 Å². The molecule has 2 nitrogen and oxygen atoms in total. The van der Waals surface area contributed by atoms with Crippen LogP contribution in [-0.2, 0) is 0 Å². The maximum absolute atomic E-state index is 12.1. The second-order valence-corrected chi connectivity index (χ2v) is 3.24. The van der Waals surface area contributed by atoms with E-state index in [1.807, 2.05) is 0 Å². The van der Waals surface area contributed by atoms with Crippen LogP contribution >= 0.6 is 28.3 Å². The lowest BCUT2D eigenvalue weighted by molar-refractivity contribution is -0.149. The van der Waals surface area contributed by atoms with Gasteiger partial charge in [-0.3, -0.25) is 0 Å². The van der Waals surface area contributed by atoms with E-state index in [0.29, 0.717) is 4.60 Å². The van der Waals surface area contributed by atoms with Crippen molar-refractivity contribution in [1.82, 2.24) is 4.98 Å². The van der Waals surface area contributed by atoms with Crippen molar-refractivity contribution in [2.75, 3.05) is 0 Å². The molecule has 0 unspecified atom stereocenters. The van der Waals surface area contributed by atoms with Crippen LogP contribution in [-0.4, -0.2) is 11.2 Å². The molecule has 0 bridgehead atoms. The van der Waals surface area contributed by atoms with E-state index in [1.54, 1.807) is 0 Å². The molecule has 0 saturated carbocycles. The smallest absolute Gasteiger partial charge is 0.316 e. The fourth-order valence-corrected chi connectivity index (χ4v) is 1.18. The summed E-state index contributed by atoms with van der Waals surface area (Å²) >= 11 is 2.96. The van der Waals surface area contributed by atoms with Gasteiger partial charge >= 0.3 is 6.18 Å². The summed E-state index contributed by atoms with van der Waals surface area (Å²) in [6.07, 6.45) is -3.15. The molecule has 7 heteroatoms. The summed E-state index contributed by atoms with van der Waals surface area (Å²) < 4.78 is 36.7. The molecule has 1 atom stereocenters. The number of rotatable bonds is 1. The van der Waals surface area contributed by atoms with Gasteiger partial charge in [-0.15, -0.1) is 12.4 Å². The number of alkyl halides is 3. The number of nitrogens with two attached hydrogens (primary N) is 1. The maximum atomic E-state index is 12.1. The van der Waals surface area contributed by atoms with Gasteiger partial charge in [-0.1, -0.05) is 0 Å². The summed E-state index contributed by atoms with van der Waals surface area (Å²) in [6, 6.07) is 0.535. The zero-order valence-corrected chi connectivity index (χ0v) is 9.16. The monoisotopic (exact) mass is 290 g/mol. The van der Waals surface area contributed by atoms with Crippen molar-refractivity contribution in [2.45, 2.75) is 12.2 Å². The minimum absolute atomic E-state index is 0. The Bertz CT molecular complexity index is 305. The molecule has 0 radical (unpaired) electrons. The highest BCUT2D eigenvalue weighted by Gasteiger charge is 2.37. The second kappa shape index (κ2) is 4.95. The standard InChI is InChI=1S/C7H6BrF3N2.ClH/c8-5-3-4(1-2-13-5)6(12)7(9,10)11;/h1-3,6H,12H2;1H/t6-;/m0./s1. The van der Waals surface area contributed by atoms with Crippen LogP contribution in [0.15, 0.2) is 22.9 Å². The van der Waals surface area contributed by atoms with Gasteiger partial charge in [0.25, 0.3) is 0 Å². The van der Waals surface area contributed by atoms with Gasteiger partial charge in [0.05, 0.1) is 0 Å². The predicted octanol–water partition coefficient (Wildman–Crippen LogP) is 2.83. The predicted molar refractivity (Wildman–Crippen MR) is 52.2 cm³/mol. The van der Waals surface area contributed by atoms with Crippen molar-refractivity contribution in [2.24, 2.45) is 5.73 Å². The van der Waals surface area contributed by atoms with Gasteiger partial charge in [0.2, 0.25) is 0 Å². The largest absolute Gasteiger partial charge is 0.407 e. The number of hydrogen-bond donors (Lipinski definition) is 1. The Kier molecular flexibility index (Phi) is 4.83. The molecule has 0 aliphatic carbocycles. The molecule has 14 heavy (non-hydrogen) atoms. The molecule has 0 amide bonds. The van der Waals surface area contributed by atoms with Gasteiger partial charge in [0, 0.05) is 6.20 Å². The highest BCUT2D eigenvalue weighted by molar-refractivity contribution is 9.10. The SMILES string of the molecule is Cl.N[C@@H](c1ccnc(Br)c1)C(F)(F)F. The van der Waals surface area contributed by atoms with Crippen LogP contribution in [0, 0.1) is 0 Å². The van der Waals surface area contributed by atoms with E-state index in [4.69, 9.17) is 5.73 Å². The van der Waals surface area contributed by atoms with E-state index in [9.17, 15) is 13.2 Å². The van der Waals surface area contributed by atoms with Gasteiger partial charge in [0.1, 0.15) is 10.6 Å². The lowest BCUT2D eigenvalue weighted by Gasteiger charge is -2.15. The first-order valence-electron chi connectivity index (χ1n) is 3.35. The summed E-state index contributed by atoms with van der Waals surface area (Å²) in [7, 11) is 0. The van der Waals surface area contributed by atoms with Gasteiger partial charge in [-0.05, 0) is 33.6 Å². The third kappa shape index (κ3) is 3.43. The molecular weight excluding hydrogens is 284 g/mol. The molecule has 1 heterocycles. The molecule has 0 fully saturated rings. The Morgan fingerprint density at radius 3 is 2.43 bits per heavy atom. The molecule has 80 valence electrons. The Morgan fingerprint density at radius 2 is 2.00 bits per heavy atom. The van der Waals surface area contributed by atoms with Gasteiger partial charge in [-0.2, -0.15) is 13.2 Å². The van der Waals surface area contributed by atoms with Gasteiger partial charge in [0.15, 0.2) is 0 Å². The molecule has 1 aromatic rings. The molecule has 0 aromatic carbocycles. The average molecular weight is 291 g/mol. The molecule has 0 saturated heterocycles. The fourth-order valence-electron chi connectivity index (χ4n) is 0.800. The highest BCUT2D eigenvalue weighted by atomic mass is 79.9. The molecular formula is C7H7BrClF3N2. The average Bonchev–Trinajstić information content (AvgIpc) is 2.01. The highest BCUT2D eigenvalue weighted by Crippen LogP contribution is 2.30. The summed E-state index contributed by atoms with van der Waals surface area (Å²) in [4.78, 5) is 3.70. The third-order valence-corrected chi connectivity index (χ3v) is 1.90. The zero-order valence-electron chi connectivity index (χ0n) is 6.75. The van der Waals surface area contributed by atoms with Crippen molar-refractivity contribution < 1.29 is 13.2 Å². The first kappa shape index (κ1) is 13.7. The Morgan fingerprint density at radius 1 is 1.43 bits per heavy atom. The minimum Gasteiger partial charge on any atom is -0.316 e. The minimum atomic E-state index is -4.42. The van der Waals surface area contributed by atoms with Crippen LogP contribution < -0.4 is 5.73 Å². The van der Waals surface area contributed by atoms with Crippen molar-refractivity contribution in [3.8, 4) is 0 Å². The van der Waals surface area contributed by atoms with E-state index in [1.165, 1.54) is 18.3 Å². The van der Waals surface area contributed by atoms with Crippen LogP contribution in [0.1, 0.15) is 11.6 Å². The maximum Gasteiger partial charge on any atom is 0.407 e. The van der Waals surface area contributed by atoms with E-state index < -0.39 is 12.2 Å². The lowest BCUT2D eigenvalue weighted by Crippen LogP contribution is -2.28. The Balaban J connectivity index is 0.00000169. The summed E-state index contributed by atoms with van der Waals surface area (Å²) in [5.74, 6) is 0. The van der Waals surface area contributed by atoms with Crippen molar-refractivity contribution in [3.05, 3.63) is 28.5 Å². The molecule has 0 aliphatic rings. The first-order chi connectivity index (χ1) is 5.91. The molecule has 0 aliphatic heterocycles. The van der Waals surface area contributed by atoms with Crippen LogP contribution in [0.5, 0.6) is 0 Å². The summed E-state index contributed by atoms with van der Waals surface area (Å²) in [5.41, 5.74) is 4.96. The first-order valence-corrected chi connectivity index (χ1v) is 4.14. The number of hydrogen-bond acceptors (Lipinski definition) is 2. The lowest BCUT2D eigenvalue weighted by atomic mass is 10.1. The Hall–Kier alpha value is -0.330. The van der Waals surface area contributed by atoms with Gasteiger partial charge in [-0.25, -0.2) is 4.98 Å².